The van der Waals surface area contributed by atoms with Crippen molar-refractivity contribution in [3.05, 3.63) is 66.7 Å². The predicted molar refractivity (Wildman–Crippen MR) is 109 cm³/mol. The van der Waals surface area contributed by atoms with E-state index in [2.05, 4.69) is 27.3 Å². The van der Waals surface area contributed by atoms with Gasteiger partial charge in [-0.3, -0.25) is 0 Å². The summed E-state index contributed by atoms with van der Waals surface area (Å²) >= 11 is 0. The molecule has 0 spiro atoms. The summed E-state index contributed by atoms with van der Waals surface area (Å²) < 4.78 is 9.70. The third kappa shape index (κ3) is 3.08. The first-order valence-electron chi connectivity index (χ1n) is 9.54. The molecule has 0 radical (unpaired) electrons. The summed E-state index contributed by atoms with van der Waals surface area (Å²) in [7, 11) is 0. The van der Waals surface area contributed by atoms with E-state index in [9.17, 15) is 0 Å². The standard InChI is InChI=1S/C21H19N7O/c1-2-12-27-18(22-14-23-27)13-29-21-17-11-7-6-10-16(17)19-20(24-21)28(26-25-19)15-8-4-3-5-9-15/h3-11,14H,2,12-13H2,1H3. The van der Waals surface area contributed by atoms with Crippen molar-refractivity contribution in [2.45, 2.75) is 26.5 Å². The molecule has 0 unspecified atom stereocenters. The summed E-state index contributed by atoms with van der Waals surface area (Å²) in [6, 6.07) is 17.8. The molecule has 0 atom stereocenters. The van der Waals surface area contributed by atoms with Crippen molar-refractivity contribution < 1.29 is 4.74 Å². The Morgan fingerprint density at radius 1 is 0.966 bits per heavy atom. The van der Waals surface area contributed by atoms with Crippen LogP contribution in [0.2, 0.25) is 0 Å². The summed E-state index contributed by atoms with van der Waals surface area (Å²) in [4.78, 5) is 9.09. The van der Waals surface area contributed by atoms with Crippen molar-refractivity contribution in [1.82, 2.24) is 34.7 Å². The average molecular weight is 385 g/mol. The van der Waals surface area contributed by atoms with Crippen molar-refractivity contribution in [2.24, 2.45) is 0 Å². The Morgan fingerprint density at radius 2 is 1.76 bits per heavy atom. The zero-order valence-corrected chi connectivity index (χ0v) is 15.9. The van der Waals surface area contributed by atoms with Crippen LogP contribution in [-0.4, -0.2) is 34.7 Å². The van der Waals surface area contributed by atoms with Gasteiger partial charge in [-0.2, -0.15) is 14.8 Å². The molecule has 0 fully saturated rings. The minimum absolute atomic E-state index is 0.287. The molecule has 0 aliphatic heterocycles. The third-order valence-electron chi connectivity index (χ3n) is 4.74. The van der Waals surface area contributed by atoms with Gasteiger partial charge < -0.3 is 4.74 Å². The Balaban J connectivity index is 1.61. The number of para-hydroxylation sites is 1. The molecule has 0 saturated carbocycles. The Hall–Kier alpha value is -3.81. The van der Waals surface area contributed by atoms with Crippen molar-refractivity contribution in [1.29, 1.82) is 0 Å². The molecule has 0 saturated heterocycles. The Morgan fingerprint density at radius 3 is 2.59 bits per heavy atom. The van der Waals surface area contributed by atoms with E-state index in [4.69, 9.17) is 9.72 Å². The number of pyridine rings is 1. The molecule has 3 heterocycles. The molecule has 0 aliphatic carbocycles. The highest BCUT2D eigenvalue weighted by molar-refractivity contribution is 6.04. The summed E-state index contributed by atoms with van der Waals surface area (Å²) in [6.07, 6.45) is 2.53. The van der Waals surface area contributed by atoms with Gasteiger partial charge in [-0.1, -0.05) is 48.5 Å². The Kier molecular flexibility index (Phi) is 4.36. The molecule has 5 aromatic rings. The SMILES string of the molecule is CCCn1ncnc1COc1nc2c(nnn2-c2ccccc2)c2ccccc12. The van der Waals surface area contributed by atoms with Crippen LogP contribution in [0.3, 0.4) is 0 Å². The van der Waals surface area contributed by atoms with Gasteiger partial charge in [0.05, 0.1) is 5.69 Å². The predicted octanol–water partition coefficient (Wildman–Crippen LogP) is 3.55. The molecular formula is C21H19N7O. The lowest BCUT2D eigenvalue weighted by Crippen LogP contribution is -2.09. The molecular weight excluding hydrogens is 366 g/mol. The van der Waals surface area contributed by atoms with E-state index in [1.807, 2.05) is 59.3 Å². The van der Waals surface area contributed by atoms with Crippen LogP contribution in [0.5, 0.6) is 5.88 Å². The highest BCUT2D eigenvalue weighted by atomic mass is 16.5. The smallest absolute Gasteiger partial charge is 0.224 e. The van der Waals surface area contributed by atoms with E-state index < -0.39 is 0 Å². The molecule has 0 amide bonds. The largest absolute Gasteiger partial charge is 0.469 e. The maximum absolute atomic E-state index is 6.12. The number of nitrogens with zero attached hydrogens (tertiary/aromatic N) is 7. The highest BCUT2D eigenvalue weighted by Gasteiger charge is 2.16. The van der Waals surface area contributed by atoms with Crippen LogP contribution in [0.25, 0.3) is 27.6 Å². The number of benzene rings is 2. The number of fused-ring (bicyclic) bond motifs is 3. The van der Waals surface area contributed by atoms with Crippen LogP contribution < -0.4 is 4.74 Å². The first-order valence-corrected chi connectivity index (χ1v) is 9.54. The lowest BCUT2D eigenvalue weighted by Gasteiger charge is -2.10. The second-order valence-electron chi connectivity index (χ2n) is 6.66. The maximum Gasteiger partial charge on any atom is 0.224 e. The number of aromatic nitrogens is 7. The monoisotopic (exact) mass is 385 g/mol. The van der Waals surface area contributed by atoms with Gasteiger partial charge in [0.15, 0.2) is 11.5 Å². The molecule has 144 valence electrons. The summed E-state index contributed by atoms with van der Waals surface area (Å²) in [5.74, 6) is 1.30. The van der Waals surface area contributed by atoms with Gasteiger partial charge in [-0.15, -0.1) is 5.10 Å². The topological polar surface area (TPSA) is 83.5 Å². The summed E-state index contributed by atoms with van der Waals surface area (Å²) in [5.41, 5.74) is 2.29. The fourth-order valence-corrected chi connectivity index (χ4v) is 3.37. The average Bonchev–Trinajstić information content (AvgIpc) is 3.40. The van der Waals surface area contributed by atoms with Gasteiger partial charge in [0.2, 0.25) is 5.88 Å². The zero-order valence-electron chi connectivity index (χ0n) is 15.9. The quantitative estimate of drug-likeness (QED) is 0.444. The first-order chi connectivity index (χ1) is 14.3. The molecule has 2 aromatic carbocycles. The van der Waals surface area contributed by atoms with Gasteiger partial charge >= 0.3 is 0 Å². The molecule has 29 heavy (non-hydrogen) atoms. The summed E-state index contributed by atoms with van der Waals surface area (Å²) in [5, 5.41) is 14.8. The summed E-state index contributed by atoms with van der Waals surface area (Å²) in [6.45, 7) is 3.19. The second-order valence-corrected chi connectivity index (χ2v) is 6.66. The van der Waals surface area contributed by atoms with Crippen molar-refractivity contribution in [3.63, 3.8) is 0 Å². The zero-order chi connectivity index (χ0) is 19.6. The first kappa shape index (κ1) is 17.3. The Bertz CT molecular complexity index is 1280. The minimum Gasteiger partial charge on any atom is -0.469 e. The maximum atomic E-state index is 6.12. The van der Waals surface area contributed by atoms with E-state index in [0.29, 0.717) is 11.5 Å². The van der Waals surface area contributed by atoms with Crippen molar-refractivity contribution >= 4 is 21.9 Å². The van der Waals surface area contributed by atoms with Gasteiger partial charge in [0, 0.05) is 17.3 Å². The van der Waals surface area contributed by atoms with E-state index in [1.165, 1.54) is 0 Å². The highest BCUT2D eigenvalue weighted by Crippen LogP contribution is 2.30. The van der Waals surface area contributed by atoms with E-state index in [-0.39, 0.29) is 6.61 Å². The molecule has 3 aromatic heterocycles. The lowest BCUT2D eigenvalue weighted by atomic mass is 10.1. The van der Waals surface area contributed by atoms with Crippen molar-refractivity contribution in [3.8, 4) is 11.6 Å². The number of hydrogen-bond acceptors (Lipinski definition) is 6. The van der Waals surface area contributed by atoms with Gasteiger partial charge in [-0.25, -0.2) is 9.67 Å². The van der Waals surface area contributed by atoms with Crippen LogP contribution in [0.1, 0.15) is 19.2 Å². The van der Waals surface area contributed by atoms with Gasteiger partial charge in [0.1, 0.15) is 18.5 Å². The van der Waals surface area contributed by atoms with Gasteiger partial charge in [0.25, 0.3) is 0 Å². The van der Waals surface area contributed by atoms with Crippen LogP contribution in [-0.2, 0) is 13.2 Å². The van der Waals surface area contributed by atoms with E-state index >= 15 is 0 Å². The number of hydrogen-bond donors (Lipinski definition) is 0. The molecule has 0 aliphatic rings. The lowest BCUT2D eigenvalue weighted by molar-refractivity contribution is 0.279. The van der Waals surface area contributed by atoms with Crippen LogP contribution in [0.4, 0.5) is 0 Å². The molecule has 8 nitrogen and oxygen atoms in total. The van der Waals surface area contributed by atoms with Crippen LogP contribution >= 0.6 is 0 Å². The number of rotatable bonds is 6. The van der Waals surface area contributed by atoms with E-state index in [0.717, 1.165) is 40.8 Å². The van der Waals surface area contributed by atoms with Crippen molar-refractivity contribution in [2.75, 3.05) is 0 Å². The third-order valence-corrected chi connectivity index (χ3v) is 4.74. The normalized spacial score (nSPS) is 11.3. The second kappa shape index (κ2) is 7.31. The molecule has 8 heteroatoms. The fraction of sp³-hybridized carbons (Fsp3) is 0.190. The van der Waals surface area contributed by atoms with Crippen LogP contribution in [0.15, 0.2) is 60.9 Å². The molecule has 0 N–H and O–H groups in total. The van der Waals surface area contributed by atoms with Gasteiger partial charge in [-0.05, 0) is 24.6 Å². The molecule has 5 rings (SSSR count). The van der Waals surface area contributed by atoms with E-state index in [1.54, 1.807) is 11.0 Å². The minimum atomic E-state index is 0.287. The number of ether oxygens (including phenoxy) is 1. The number of aryl methyl sites for hydroxylation is 1. The molecule has 0 bridgehead atoms. The fourth-order valence-electron chi connectivity index (χ4n) is 3.37. The van der Waals surface area contributed by atoms with Crippen LogP contribution in [0, 0.1) is 0 Å². The Labute approximate surface area is 166 Å².